The summed E-state index contributed by atoms with van der Waals surface area (Å²) in [6.07, 6.45) is 1.61. The lowest BCUT2D eigenvalue weighted by atomic mass is 10.1. The van der Waals surface area contributed by atoms with E-state index in [-0.39, 0.29) is 11.9 Å². The van der Waals surface area contributed by atoms with Crippen LogP contribution >= 0.6 is 0 Å². The molecule has 104 valence electrons. The zero-order valence-corrected chi connectivity index (χ0v) is 11.6. The molecule has 0 spiro atoms. The van der Waals surface area contributed by atoms with Crippen molar-refractivity contribution in [3.63, 3.8) is 0 Å². The molecule has 20 heavy (non-hydrogen) atoms. The van der Waals surface area contributed by atoms with Crippen molar-refractivity contribution in [3.8, 4) is 0 Å². The summed E-state index contributed by atoms with van der Waals surface area (Å²) < 4.78 is 0. The number of carbonyl (C=O) groups is 1. The normalized spacial score (nSPS) is 11.7. The number of benzene rings is 1. The van der Waals surface area contributed by atoms with E-state index in [1.165, 1.54) is 0 Å². The molecule has 1 amide bonds. The van der Waals surface area contributed by atoms with E-state index in [0.717, 1.165) is 16.9 Å². The molecule has 0 aliphatic carbocycles. The Morgan fingerprint density at radius 2 is 2.10 bits per heavy atom. The highest BCUT2D eigenvalue weighted by Crippen LogP contribution is 2.20. The molecule has 0 fully saturated rings. The van der Waals surface area contributed by atoms with E-state index in [9.17, 15) is 4.79 Å². The Morgan fingerprint density at radius 3 is 2.80 bits per heavy atom. The zero-order chi connectivity index (χ0) is 14.5. The van der Waals surface area contributed by atoms with Crippen molar-refractivity contribution >= 4 is 17.3 Å². The Labute approximate surface area is 118 Å². The first-order valence-electron chi connectivity index (χ1n) is 6.40. The van der Waals surface area contributed by atoms with Gasteiger partial charge in [-0.05, 0) is 36.8 Å². The van der Waals surface area contributed by atoms with E-state index in [1.54, 1.807) is 19.3 Å². The molecule has 1 heterocycles. The maximum Gasteiger partial charge on any atom is 0.269 e. The van der Waals surface area contributed by atoms with Crippen molar-refractivity contribution in [1.82, 2.24) is 10.3 Å². The van der Waals surface area contributed by atoms with Crippen LogP contribution in [0, 0.1) is 0 Å². The van der Waals surface area contributed by atoms with Crippen LogP contribution in [0.3, 0.4) is 0 Å². The van der Waals surface area contributed by atoms with Crippen molar-refractivity contribution in [2.75, 3.05) is 18.1 Å². The van der Waals surface area contributed by atoms with Crippen molar-refractivity contribution in [1.29, 1.82) is 0 Å². The maximum absolute atomic E-state index is 11.5. The Kier molecular flexibility index (Phi) is 4.20. The molecule has 1 aromatic heterocycles. The van der Waals surface area contributed by atoms with E-state index in [2.05, 4.69) is 15.6 Å². The van der Waals surface area contributed by atoms with Crippen LogP contribution in [0.1, 0.15) is 29.0 Å². The molecule has 5 nitrogen and oxygen atoms in total. The van der Waals surface area contributed by atoms with Crippen molar-refractivity contribution in [2.24, 2.45) is 0 Å². The lowest BCUT2D eigenvalue weighted by molar-refractivity contribution is 0.0958. The van der Waals surface area contributed by atoms with Gasteiger partial charge in [-0.25, -0.2) is 0 Å². The topological polar surface area (TPSA) is 80.0 Å². The average Bonchev–Trinajstić information content (AvgIpc) is 2.46. The molecule has 2 aromatic rings. The standard InChI is InChI=1S/C15H18N4O/c1-10(11-4-3-5-12(16)8-11)19-13-6-7-18-14(9-13)15(20)17-2/h3-10H,16H2,1-2H3,(H,17,20)(H,18,19). The number of hydrogen-bond acceptors (Lipinski definition) is 4. The third-order valence-electron chi connectivity index (χ3n) is 3.01. The van der Waals surface area contributed by atoms with Crippen LogP contribution in [-0.2, 0) is 0 Å². The average molecular weight is 270 g/mol. The minimum Gasteiger partial charge on any atom is -0.399 e. The molecular weight excluding hydrogens is 252 g/mol. The predicted molar refractivity (Wildman–Crippen MR) is 80.5 cm³/mol. The Hall–Kier alpha value is -2.56. The van der Waals surface area contributed by atoms with Crippen LogP contribution in [0.15, 0.2) is 42.6 Å². The molecule has 0 aliphatic rings. The summed E-state index contributed by atoms with van der Waals surface area (Å²) in [5, 5.41) is 5.88. The van der Waals surface area contributed by atoms with Crippen LogP contribution in [0.25, 0.3) is 0 Å². The molecule has 4 N–H and O–H groups in total. The first-order chi connectivity index (χ1) is 9.60. The van der Waals surface area contributed by atoms with Gasteiger partial charge >= 0.3 is 0 Å². The highest BCUT2D eigenvalue weighted by molar-refractivity contribution is 5.92. The first kappa shape index (κ1) is 13.9. The van der Waals surface area contributed by atoms with Gasteiger partial charge in [0.2, 0.25) is 0 Å². The molecule has 0 radical (unpaired) electrons. The second-order valence-corrected chi connectivity index (χ2v) is 4.55. The number of hydrogen-bond donors (Lipinski definition) is 3. The summed E-state index contributed by atoms with van der Waals surface area (Å²) >= 11 is 0. The van der Waals surface area contributed by atoms with Crippen molar-refractivity contribution in [2.45, 2.75) is 13.0 Å². The van der Waals surface area contributed by atoms with Gasteiger partial charge in [-0.15, -0.1) is 0 Å². The Bertz CT molecular complexity index is 612. The van der Waals surface area contributed by atoms with E-state index < -0.39 is 0 Å². The summed E-state index contributed by atoms with van der Waals surface area (Å²) in [5.41, 5.74) is 8.83. The smallest absolute Gasteiger partial charge is 0.269 e. The predicted octanol–water partition coefficient (Wildman–Crippen LogP) is 2.20. The number of nitrogen functional groups attached to an aromatic ring is 1. The van der Waals surface area contributed by atoms with Crippen LogP contribution in [0.5, 0.6) is 0 Å². The fourth-order valence-electron chi connectivity index (χ4n) is 1.93. The van der Waals surface area contributed by atoms with Gasteiger partial charge in [-0.1, -0.05) is 12.1 Å². The summed E-state index contributed by atoms with van der Waals surface area (Å²) in [6.45, 7) is 2.04. The number of amides is 1. The van der Waals surface area contributed by atoms with E-state index in [1.807, 2.05) is 37.3 Å². The molecule has 2 rings (SSSR count). The molecule has 1 unspecified atom stereocenters. The second-order valence-electron chi connectivity index (χ2n) is 4.55. The van der Waals surface area contributed by atoms with Gasteiger partial charge in [0, 0.05) is 30.7 Å². The largest absolute Gasteiger partial charge is 0.399 e. The summed E-state index contributed by atoms with van der Waals surface area (Å²) in [6, 6.07) is 11.3. The number of anilines is 2. The van der Waals surface area contributed by atoms with Gasteiger partial charge in [-0.2, -0.15) is 0 Å². The van der Waals surface area contributed by atoms with Gasteiger partial charge in [0.05, 0.1) is 0 Å². The summed E-state index contributed by atoms with van der Waals surface area (Å²) in [5.74, 6) is -0.203. The third kappa shape index (κ3) is 3.26. The van der Waals surface area contributed by atoms with Crippen LogP contribution < -0.4 is 16.4 Å². The SMILES string of the molecule is CNC(=O)c1cc(NC(C)c2cccc(N)c2)ccn1. The van der Waals surface area contributed by atoms with Crippen LogP contribution in [0.4, 0.5) is 11.4 Å². The lowest BCUT2D eigenvalue weighted by Crippen LogP contribution is -2.19. The van der Waals surface area contributed by atoms with Gasteiger partial charge < -0.3 is 16.4 Å². The number of rotatable bonds is 4. The number of aromatic nitrogens is 1. The molecular formula is C15H18N4O. The van der Waals surface area contributed by atoms with Crippen molar-refractivity contribution < 1.29 is 4.79 Å². The van der Waals surface area contributed by atoms with E-state index in [4.69, 9.17) is 5.73 Å². The first-order valence-corrected chi connectivity index (χ1v) is 6.40. The highest BCUT2D eigenvalue weighted by atomic mass is 16.1. The Morgan fingerprint density at radius 1 is 1.30 bits per heavy atom. The molecule has 1 aromatic carbocycles. The Balaban J connectivity index is 2.15. The zero-order valence-electron chi connectivity index (χ0n) is 11.6. The number of pyridine rings is 1. The van der Waals surface area contributed by atoms with Gasteiger partial charge in [-0.3, -0.25) is 9.78 Å². The van der Waals surface area contributed by atoms with Crippen LogP contribution in [0.2, 0.25) is 0 Å². The molecule has 0 saturated carbocycles. The number of nitrogens with one attached hydrogen (secondary N) is 2. The molecule has 1 atom stereocenters. The number of nitrogens with two attached hydrogens (primary N) is 1. The quantitative estimate of drug-likeness (QED) is 0.744. The minimum atomic E-state index is -0.203. The van der Waals surface area contributed by atoms with Gasteiger partial charge in [0.1, 0.15) is 5.69 Å². The van der Waals surface area contributed by atoms with E-state index >= 15 is 0 Å². The molecule has 0 saturated heterocycles. The lowest BCUT2D eigenvalue weighted by Gasteiger charge is -2.16. The fourth-order valence-corrected chi connectivity index (χ4v) is 1.93. The summed E-state index contributed by atoms with van der Waals surface area (Å²) in [7, 11) is 1.58. The molecule has 0 aliphatic heterocycles. The highest BCUT2D eigenvalue weighted by Gasteiger charge is 2.08. The monoisotopic (exact) mass is 270 g/mol. The summed E-state index contributed by atoms with van der Waals surface area (Å²) in [4.78, 5) is 15.6. The minimum absolute atomic E-state index is 0.0819. The van der Waals surface area contributed by atoms with E-state index in [0.29, 0.717) is 5.69 Å². The van der Waals surface area contributed by atoms with Gasteiger partial charge in [0.25, 0.3) is 5.91 Å². The number of carbonyl (C=O) groups excluding carboxylic acids is 1. The van der Waals surface area contributed by atoms with Gasteiger partial charge in [0.15, 0.2) is 0 Å². The fraction of sp³-hybridized carbons (Fsp3) is 0.200. The second kappa shape index (κ2) is 6.06. The molecule has 5 heteroatoms. The third-order valence-corrected chi connectivity index (χ3v) is 3.01. The maximum atomic E-state index is 11.5. The number of nitrogens with zero attached hydrogens (tertiary/aromatic N) is 1. The van der Waals surface area contributed by atoms with Crippen molar-refractivity contribution in [3.05, 3.63) is 53.9 Å². The molecule has 0 bridgehead atoms. The van der Waals surface area contributed by atoms with Crippen LogP contribution in [-0.4, -0.2) is 17.9 Å².